The number of benzene rings is 1. The van der Waals surface area contributed by atoms with Crippen molar-refractivity contribution in [1.82, 2.24) is 19.6 Å². The highest BCUT2D eigenvalue weighted by Gasteiger charge is 2.50. The first-order valence-electron chi connectivity index (χ1n) is 9.13. The fraction of sp³-hybridized carbons (Fsp3) is 0.421. The van der Waals surface area contributed by atoms with Gasteiger partial charge in [-0.1, -0.05) is 18.2 Å². The van der Waals surface area contributed by atoms with Gasteiger partial charge in [0.15, 0.2) is 0 Å². The molecular formula is C19H22N4O3S. The van der Waals surface area contributed by atoms with Gasteiger partial charge in [-0.05, 0) is 43.2 Å². The fourth-order valence-electron chi connectivity index (χ4n) is 4.06. The third kappa shape index (κ3) is 3.46. The molecule has 7 nitrogen and oxygen atoms in total. The van der Waals surface area contributed by atoms with E-state index < -0.39 is 10.0 Å². The highest BCUT2D eigenvalue weighted by Crippen LogP contribution is 2.49. The van der Waals surface area contributed by atoms with Crippen molar-refractivity contribution in [1.29, 1.82) is 0 Å². The van der Waals surface area contributed by atoms with E-state index in [9.17, 15) is 13.2 Å². The van der Waals surface area contributed by atoms with Crippen LogP contribution in [-0.4, -0.2) is 48.3 Å². The largest absolute Gasteiger partial charge is 0.337 e. The Balaban J connectivity index is 1.41. The van der Waals surface area contributed by atoms with Crippen molar-refractivity contribution in [2.45, 2.75) is 36.6 Å². The van der Waals surface area contributed by atoms with Gasteiger partial charge in [-0.2, -0.15) is 0 Å². The zero-order chi connectivity index (χ0) is 18.9. The number of hydrogen-bond donors (Lipinski definition) is 1. The van der Waals surface area contributed by atoms with Gasteiger partial charge in [-0.25, -0.2) is 18.1 Å². The Bertz CT molecular complexity index is 910. The Morgan fingerprint density at radius 1 is 1.11 bits per heavy atom. The Morgan fingerprint density at radius 3 is 2.44 bits per heavy atom. The van der Waals surface area contributed by atoms with Crippen LogP contribution in [0, 0.1) is 5.41 Å². The molecule has 2 fully saturated rings. The van der Waals surface area contributed by atoms with E-state index in [2.05, 4.69) is 14.7 Å². The molecule has 1 saturated heterocycles. The van der Waals surface area contributed by atoms with Gasteiger partial charge < -0.3 is 4.90 Å². The van der Waals surface area contributed by atoms with Gasteiger partial charge >= 0.3 is 0 Å². The lowest BCUT2D eigenvalue weighted by atomic mass is 9.59. The normalized spacial score (nSPS) is 21.6. The molecular weight excluding hydrogens is 364 g/mol. The smallest absolute Gasteiger partial charge is 0.274 e. The molecule has 27 heavy (non-hydrogen) atoms. The number of rotatable bonds is 4. The Labute approximate surface area is 158 Å². The van der Waals surface area contributed by atoms with Gasteiger partial charge in [0.1, 0.15) is 5.69 Å². The lowest BCUT2D eigenvalue weighted by molar-refractivity contribution is 0.00487. The minimum absolute atomic E-state index is 0.0546. The van der Waals surface area contributed by atoms with Crippen molar-refractivity contribution in [3.63, 3.8) is 0 Å². The topological polar surface area (TPSA) is 92.3 Å². The van der Waals surface area contributed by atoms with Crippen LogP contribution in [-0.2, 0) is 10.0 Å². The summed E-state index contributed by atoms with van der Waals surface area (Å²) in [6.07, 6.45) is 7.94. The second-order valence-corrected chi connectivity index (χ2v) is 8.98. The summed E-state index contributed by atoms with van der Waals surface area (Å²) in [5.41, 5.74) is 0.296. The van der Waals surface area contributed by atoms with Gasteiger partial charge in [0.2, 0.25) is 10.0 Å². The standard InChI is InChI=1S/C19H22N4O3S/c24-18(16-14-20-10-11-21-16)23-12-8-19(9-13-23)7-6-17(19)22-27(25,26)15-4-2-1-3-5-15/h1-5,10-11,14,17,22H,6-9,12-13H2/t17-/m0/s1. The molecule has 4 rings (SSSR count). The van der Waals surface area contributed by atoms with E-state index in [0.717, 1.165) is 25.7 Å². The molecule has 2 heterocycles. The predicted molar refractivity (Wildman–Crippen MR) is 99.4 cm³/mol. The number of amides is 1. The molecule has 142 valence electrons. The summed E-state index contributed by atoms with van der Waals surface area (Å²) in [6, 6.07) is 8.39. The molecule has 0 radical (unpaired) electrons. The number of nitrogens with zero attached hydrogens (tertiary/aromatic N) is 3. The SMILES string of the molecule is O=C(c1cnccn1)N1CCC2(CC[C@@H]2NS(=O)(=O)c2ccccc2)CC1. The van der Waals surface area contributed by atoms with Crippen molar-refractivity contribution in [2.24, 2.45) is 5.41 Å². The maximum atomic E-state index is 12.6. The first kappa shape index (κ1) is 18.1. The van der Waals surface area contributed by atoms with Crippen LogP contribution < -0.4 is 4.72 Å². The van der Waals surface area contributed by atoms with Crippen molar-refractivity contribution in [3.8, 4) is 0 Å². The van der Waals surface area contributed by atoms with Crippen LogP contribution in [0.4, 0.5) is 0 Å². The van der Waals surface area contributed by atoms with Crippen LogP contribution in [0.3, 0.4) is 0 Å². The van der Waals surface area contributed by atoms with E-state index in [1.807, 2.05) is 0 Å². The second-order valence-electron chi connectivity index (χ2n) is 7.27. The predicted octanol–water partition coefficient (Wildman–Crippen LogP) is 1.84. The maximum Gasteiger partial charge on any atom is 0.274 e. The van der Waals surface area contributed by atoms with E-state index in [1.165, 1.54) is 12.4 Å². The molecule has 1 aliphatic carbocycles. The van der Waals surface area contributed by atoms with Crippen LogP contribution in [0.15, 0.2) is 53.8 Å². The van der Waals surface area contributed by atoms with Gasteiger partial charge in [0.25, 0.3) is 5.91 Å². The number of aromatic nitrogens is 2. The van der Waals surface area contributed by atoms with E-state index in [0.29, 0.717) is 23.7 Å². The monoisotopic (exact) mass is 386 g/mol. The molecule has 8 heteroatoms. The van der Waals surface area contributed by atoms with Crippen LogP contribution >= 0.6 is 0 Å². The maximum absolute atomic E-state index is 12.6. The summed E-state index contributed by atoms with van der Waals surface area (Å²) >= 11 is 0. The third-order valence-corrected chi connectivity index (χ3v) is 7.34. The molecule has 1 atom stereocenters. The third-order valence-electron chi connectivity index (χ3n) is 5.85. The van der Waals surface area contributed by atoms with Crippen LogP contribution in [0.1, 0.15) is 36.2 Å². The van der Waals surface area contributed by atoms with Crippen molar-refractivity contribution >= 4 is 15.9 Å². The van der Waals surface area contributed by atoms with Crippen LogP contribution in [0.2, 0.25) is 0 Å². The first-order chi connectivity index (χ1) is 13.0. The molecule has 1 amide bonds. The highest BCUT2D eigenvalue weighted by molar-refractivity contribution is 7.89. The van der Waals surface area contributed by atoms with E-state index in [-0.39, 0.29) is 17.4 Å². The van der Waals surface area contributed by atoms with Crippen molar-refractivity contribution in [3.05, 3.63) is 54.6 Å². The number of carbonyl (C=O) groups excluding carboxylic acids is 1. The highest BCUT2D eigenvalue weighted by atomic mass is 32.2. The number of sulfonamides is 1. The van der Waals surface area contributed by atoms with Crippen molar-refractivity contribution in [2.75, 3.05) is 13.1 Å². The molecule has 2 aromatic rings. The zero-order valence-electron chi connectivity index (χ0n) is 14.9. The Morgan fingerprint density at radius 2 is 1.85 bits per heavy atom. The molecule has 1 N–H and O–H groups in total. The molecule has 1 aliphatic heterocycles. The molecule has 1 aromatic carbocycles. The van der Waals surface area contributed by atoms with E-state index in [4.69, 9.17) is 0 Å². The van der Waals surface area contributed by atoms with Crippen LogP contribution in [0.5, 0.6) is 0 Å². The Kier molecular flexibility index (Phi) is 4.69. The van der Waals surface area contributed by atoms with Gasteiger partial charge in [-0.3, -0.25) is 9.78 Å². The second kappa shape index (κ2) is 7.01. The average molecular weight is 386 g/mol. The number of nitrogens with one attached hydrogen (secondary N) is 1. The number of carbonyl (C=O) groups is 1. The van der Waals surface area contributed by atoms with Crippen LogP contribution in [0.25, 0.3) is 0 Å². The first-order valence-corrected chi connectivity index (χ1v) is 10.6. The summed E-state index contributed by atoms with van der Waals surface area (Å²) in [5.74, 6) is -0.112. The molecule has 0 bridgehead atoms. The number of piperidine rings is 1. The number of likely N-dealkylation sites (tertiary alicyclic amines) is 1. The minimum Gasteiger partial charge on any atom is -0.337 e. The summed E-state index contributed by atoms with van der Waals surface area (Å²) < 4.78 is 28.1. The van der Waals surface area contributed by atoms with E-state index >= 15 is 0 Å². The molecule has 1 aromatic heterocycles. The van der Waals surface area contributed by atoms with Gasteiger partial charge in [-0.15, -0.1) is 0 Å². The average Bonchev–Trinajstić information content (AvgIpc) is 2.72. The number of hydrogen-bond acceptors (Lipinski definition) is 5. The van der Waals surface area contributed by atoms with Crippen molar-refractivity contribution < 1.29 is 13.2 Å². The molecule has 2 aliphatic rings. The van der Waals surface area contributed by atoms with Gasteiger partial charge in [0, 0.05) is 31.5 Å². The molecule has 0 unspecified atom stereocenters. The summed E-state index contributed by atoms with van der Waals surface area (Å²) in [4.78, 5) is 22.6. The fourth-order valence-corrected chi connectivity index (χ4v) is 5.45. The summed E-state index contributed by atoms with van der Waals surface area (Å²) in [6.45, 7) is 1.22. The van der Waals surface area contributed by atoms with Gasteiger partial charge in [0.05, 0.1) is 11.1 Å². The lowest BCUT2D eigenvalue weighted by Gasteiger charge is -2.53. The quantitative estimate of drug-likeness (QED) is 0.866. The summed E-state index contributed by atoms with van der Waals surface area (Å²) in [5, 5.41) is 0. The molecule has 1 saturated carbocycles. The Hall–Kier alpha value is -2.32. The van der Waals surface area contributed by atoms with E-state index in [1.54, 1.807) is 41.4 Å². The zero-order valence-corrected chi connectivity index (χ0v) is 15.7. The minimum atomic E-state index is -3.52. The summed E-state index contributed by atoms with van der Waals surface area (Å²) in [7, 11) is -3.52. The molecule has 1 spiro atoms. The lowest BCUT2D eigenvalue weighted by Crippen LogP contribution is -2.59.